The van der Waals surface area contributed by atoms with Crippen molar-refractivity contribution in [3.63, 3.8) is 0 Å². The minimum absolute atomic E-state index is 0.0683. The highest BCUT2D eigenvalue weighted by Crippen LogP contribution is 2.41. The molecule has 0 aliphatic carbocycles. The average Bonchev–Trinajstić information content (AvgIpc) is 3.06. The zero-order chi connectivity index (χ0) is 28.9. The molecule has 2 aromatic rings. The molecule has 2 aromatic carbocycles. The van der Waals surface area contributed by atoms with Gasteiger partial charge in [0.25, 0.3) is 0 Å². The van der Waals surface area contributed by atoms with Crippen LogP contribution in [0.5, 0.6) is 0 Å². The highest BCUT2D eigenvalue weighted by atomic mass is 16.7. The molecule has 0 bridgehead atoms. The van der Waals surface area contributed by atoms with Crippen molar-refractivity contribution < 1.29 is 14.4 Å². The summed E-state index contributed by atoms with van der Waals surface area (Å²) in [5, 5.41) is 10.4. The van der Waals surface area contributed by atoms with Crippen LogP contribution in [0.25, 0.3) is 6.08 Å². The first-order valence-corrected chi connectivity index (χ1v) is 14.6. The molecule has 3 nitrogen and oxygen atoms in total. The van der Waals surface area contributed by atoms with E-state index in [1.807, 2.05) is 26.0 Å². The van der Waals surface area contributed by atoms with Crippen LogP contribution in [-0.4, -0.2) is 29.0 Å². The Bertz CT molecular complexity index is 1080. The third kappa shape index (κ3) is 6.81. The first-order valence-electron chi connectivity index (χ1n) is 14.6. The third-order valence-corrected chi connectivity index (χ3v) is 8.70. The topological polar surface area (TPSA) is 38.7 Å². The maximum absolute atomic E-state index is 10.4. The monoisotopic (exact) mass is 520 g/mol. The van der Waals surface area contributed by atoms with E-state index in [-0.39, 0.29) is 23.7 Å². The summed E-state index contributed by atoms with van der Waals surface area (Å²) in [7, 11) is -0.347. The van der Waals surface area contributed by atoms with Crippen molar-refractivity contribution in [3.8, 4) is 0 Å². The summed E-state index contributed by atoms with van der Waals surface area (Å²) in [5.41, 5.74) is 5.80. The van der Waals surface area contributed by atoms with Crippen molar-refractivity contribution in [1.29, 1.82) is 0 Å². The van der Waals surface area contributed by atoms with E-state index >= 15 is 0 Å². The van der Waals surface area contributed by atoms with Gasteiger partial charge in [0.2, 0.25) is 0 Å². The zero-order valence-corrected chi connectivity index (χ0v) is 26.3. The summed E-state index contributed by atoms with van der Waals surface area (Å²) in [6.07, 6.45) is 7.91. The van der Waals surface area contributed by atoms with E-state index in [2.05, 4.69) is 106 Å². The molecule has 1 heterocycles. The smallest absolute Gasteiger partial charge is 0.399 e. The summed E-state index contributed by atoms with van der Waals surface area (Å²) in [5.74, 6) is 0. The minimum atomic E-state index is -0.780. The summed E-state index contributed by atoms with van der Waals surface area (Å²) < 4.78 is 12.7. The molecular formula is C34H53BO3. The lowest BCUT2D eigenvalue weighted by Gasteiger charge is -2.34. The fourth-order valence-corrected chi connectivity index (χ4v) is 4.99. The number of benzene rings is 2. The van der Waals surface area contributed by atoms with Crippen molar-refractivity contribution in [3.05, 3.63) is 70.3 Å². The maximum atomic E-state index is 10.4. The summed E-state index contributed by atoms with van der Waals surface area (Å²) in [6, 6.07) is 13.6. The molecule has 1 saturated heterocycles. The van der Waals surface area contributed by atoms with Gasteiger partial charge >= 0.3 is 7.12 Å². The lowest BCUT2D eigenvalue weighted by Crippen LogP contribution is -2.41. The molecular weight excluding hydrogens is 467 g/mol. The second-order valence-electron chi connectivity index (χ2n) is 12.3. The quantitative estimate of drug-likeness (QED) is 0.356. The van der Waals surface area contributed by atoms with E-state index in [0.717, 1.165) is 23.9 Å². The second-order valence-corrected chi connectivity index (χ2v) is 12.3. The van der Waals surface area contributed by atoms with Gasteiger partial charge in [-0.3, -0.25) is 0 Å². The average molecular weight is 521 g/mol. The maximum Gasteiger partial charge on any atom is 0.495 e. The van der Waals surface area contributed by atoms with Gasteiger partial charge in [-0.2, -0.15) is 0 Å². The fourth-order valence-electron chi connectivity index (χ4n) is 4.99. The van der Waals surface area contributed by atoms with Gasteiger partial charge in [0.05, 0.1) is 16.8 Å². The molecule has 1 fully saturated rings. The molecule has 1 atom stereocenters. The predicted molar refractivity (Wildman–Crippen MR) is 165 cm³/mol. The summed E-state index contributed by atoms with van der Waals surface area (Å²) >= 11 is 0. The van der Waals surface area contributed by atoms with E-state index in [1.165, 1.54) is 28.7 Å². The number of aryl methyl sites for hydroxylation is 2. The van der Waals surface area contributed by atoms with Crippen LogP contribution >= 0.6 is 0 Å². The van der Waals surface area contributed by atoms with Gasteiger partial charge < -0.3 is 14.4 Å². The van der Waals surface area contributed by atoms with Crippen molar-refractivity contribution in [2.75, 3.05) is 0 Å². The summed E-state index contributed by atoms with van der Waals surface area (Å²) in [4.78, 5) is 0. The van der Waals surface area contributed by atoms with Gasteiger partial charge in [-0.15, -0.1) is 0 Å². The van der Waals surface area contributed by atoms with Crippen LogP contribution in [-0.2, 0) is 14.7 Å². The molecule has 0 radical (unpaired) electrons. The third-order valence-electron chi connectivity index (χ3n) is 8.70. The first-order chi connectivity index (χ1) is 17.6. The molecule has 1 aliphatic rings. The van der Waals surface area contributed by atoms with Crippen LogP contribution in [0.1, 0.15) is 123 Å². The largest absolute Gasteiger partial charge is 0.495 e. The number of hydrogen-bond donors (Lipinski definition) is 1. The highest BCUT2D eigenvalue weighted by Gasteiger charge is 2.52. The van der Waals surface area contributed by atoms with Crippen molar-refractivity contribution in [2.24, 2.45) is 0 Å². The van der Waals surface area contributed by atoms with E-state index < -0.39 is 5.60 Å². The Hall–Kier alpha value is -1.88. The van der Waals surface area contributed by atoms with Crippen LogP contribution in [0, 0.1) is 13.8 Å². The Kier molecular flexibility index (Phi) is 10.7. The molecule has 1 N–H and O–H groups in total. The number of aliphatic hydroxyl groups is 1. The first kappa shape index (κ1) is 32.3. The molecule has 0 spiro atoms. The summed E-state index contributed by atoms with van der Waals surface area (Å²) in [6.45, 7) is 25.4. The molecule has 0 saturated carbocycles. The lowest BCUT2D eigenvalue weighted by molar-refractivity contribution is 0.00578. The number of rotatable bonds is 8. The Morgan fingerprint density at radius 3 is 1.68 bits per heavy atom. The molecule has 38 heavy (non-hydrogen) atoms. The Labute approximate surface area is 234 Å². The van der Waals surface area contributed by atoms with E-state index in [0.29, 0.717) is 6.42 Å². The van der Waals surface area contributed by atoms with Gasteiger partial charge in [-0.05, 0) is 95.4 Å². The van der Waals surface area contributed by atoms with E-state index in [9.17, 15) is 5.11 Å². The van der Waals surface area contributed by atoms with Crippen LogP contribution in [0.15, 0.2) is 42.5 Å². The standard InChI is InChI=1S/C31H45BO3.C3H8/c1-11-30(10,33)19-18-24-14-15-25(20-22(24)4)31(12-2,13-3)26-16-17-27(23(5)21-26)32-34-28(6,7)29(8,9)35-32;1-3-2/h14-21,33H,11-13H2,1-10H3;3H2,1-2H3/b19-18+;. The SMILES string of the molecule is CCC.CCC(C)(O)/C=C/c1ccc(C(CC)(CC)c2ccc(B3OC(C)(C)C(C)(C)O3)c(C)c2)cc1C. The molecule has 0 aromatic heterocycles. The molecule has 3 rings (SSSR count). The molecule has 0 amide bonds. The van der Waals surface area contributed by atoms with Gasteiger partial charge in [0.15, 0.2) is 0 Å². The zero-order valence-electron chi connectivity index (χ0n) is 26.3. The minimum Gasteiger partial charge on any atom is -0.399 e. The molecule has 1 aliphatic heterocycles. The van der Waals surface area contributed by atoms with Gasteiger partial charge in [0.1, 0.15) is 0 Å². The lowest BCUT2D eigenvalue weighted by atomic mass is 9.68. The van der Waals surface area contributed by atoms with Crippen molar-refractivity contribution >= 4 is 18.7 Å². The van der Waals surface area contributed by atoms with Gasteiger partial charge in [-0.25, -0.2) is 0 Å². The van der Waals surface area contributed by atoms with Crippen LogP contribution < -0.4 is 5.46 Å². The van der Waals surface area contributed by atoms with Crippen LogP contribution in [0.3, 0.4) is 0 Å². The van der Waals surface area contributed by atoms with E-state index in [1.54, 1.807) is 0 Å². The van der Waals surface area contributed by atoms with Gasteiger partial charge in [-0.1, -0.05) is 95.2 Å². The van der Waals surface area contributed by atoms with Crippen LogP contribution in [0.2, 0.25) is 0 Å². The van der Waals surface area contributed by atoms with E-state index in [4.69, 9.17) is 9.31 Å². The highest BCUT2D eigenvalue weighted by molar-refractivity contribution is 6.62. The Balaban J connectivity index is 0.00000161. The van der Waals surface area contributed by atoms with Gasteiger partial charge in [0, 0.05) is 5.41 Å². The van der Waals surface area contributed by atoms with Crippen LogP contribution in [0.4, 0.5) is 0 Å². The Morgan fingerprint density at radius 1 is 0.789 bits per heavy atom. The van der Waals surface area contributed by atoms with Crippen molar-refractivity contribution in [1.82, 2.24) is 0 Å². The second kappa shape index (κ2) is 12.5. The predicted octanol–water partition coefficient (Wildman–Crippen LogP) is 8.30. The Morgan fingerprint density at radius 2 is 1.26 bits per heavy atom. The fraction of sp³-hybridized carbons (Fsp3) is 0.588. The molecule has 1 unspecified atom stereocenters. The number of hydrogen-bond acceptors (Lipinski definition) is 3. The molecule has 210 valence electrons. The van der Waals surface area contributed by atoms with Crippen molar-refractivity contribution in [2.45, 2.75) is 131 Å². The normalized spacial score (nSPS) is 18.3. The molecule has 4 heteroatoms.